The molecule has 1 aliphatic rings. The molecule has 2 aromatic rings. The first-order valence-electron chi connectivity index (χ1n) is 12.7. The number of nitrogens with zero attached hydrogens (tertiary/aromatic N) is 4. The van der Waals surface area contributed by atoms with Crippen molar-refractivity contribution < 1.29 is 24.2 Å². The van der Waals surface area contributed by atoms with Crippen molar-refractivity contribution in [2.45, 2.75) is 79.5 Å². The highest BCUT2D eigenvalue weighted by atomic mass is 16.6. The Morgan fingerprint density at radius 1 is 1.25 bits per heavy atom. The van der Waals surface area contributed by atoms with E-state index in [9.17, 15) is 19.5 Å². The molecule has 2 heterocycles. The standard InChI is InChI=1S/C27H40N4O5/c1-8-13-30-21-12-10-9-11-20(21)28-22(30)23(32)31(15-18(2)3)19-14-27(7,24(33)34)17-29(16-19)25(35)36-26(4,5)6/h9-12,18-19H,8,13-17H2,1-7H3,(H,33,34)/t19-,27+/m0/s1. The van der Waals surface area contributed by atoms with Gasteiger partial charge in [-0.3, -0.25) is 9.59 Å². The quantitative estimate of drug-likeness (QED) is 0.594. The van der Waals surface area contributed by atoms with Crippen LogP contribution in [0.25, 0.3) is 11.0 Å². The molecule has 3 rings (SSSR count). The number of aliphatic carboxylic acids is 1. The van der Waals surface area contributed by atoms with Gasteiger partial charge in [-0.1, -0.05) is 32.9 Å². The van der Waals surface area contributed by atoms with Crippen LogP contribution in [-0.2, 0) is 16.1 Å². The van der Waals surface area contributed by atoms with E-state index in [1.165, 1.54) is 4.90 Å². The van der Waals surface area contributed by atoms with Gasteiger partial charge in [0.25, 0.3) is 5.91 Å². The van der Waals surface area contributed by atoms with E-state index in [0.717, 1.165) is 17.5 Å². The lowest BCUT2D eigenvalue weighted by atomic mass is 9.79. The number of carbonyl (C=O) groups is 3. The maximum atomic E-state index is 14.1. The van der Waals surface area contributed by atoms with Crippen LogP contribution in [-0.4, -0.2) is 73.7 Å². The van der Waals surface area contributed by atoms with E-state index in [1.807, 2.05) is 49.6 Å². The maximum absolute atomic E-state index is 14.1. The van der Waals surface area contributed by atoms with Gasteiger partial charge in [-0.15, -0.1) is 0 Å². The number of hydrogen-bond acceptors (Lipinski definition) is 5. The van der Waals surface area contributed by atoms with Crippen molar-refractivity contribution in [3.05, 3.63) is 30.1 Å². The Balaban J connectivity index is 2.04. The number of amides is 2. The molecule has 1 N–H and O–H groups in total. The molecule has 1 aromatic carbocycles. The van der Waals surface area contributed by atoms with Crippen molar-refractivity contribution in [2.24, 2.45) is 11.3 Å². The summed E-state index contributed by atoms with van der Waals surface area (Å²) in [6.07, 6.45) is 0.487. The second kappa shape index (κ2) is 10.5. The smallest absolute Gasteiger partial charge is 0.410 e. The number of piperidine rings is 1. The third-order valence-electron chi connectivity index (χ3n) is 6.38. The van der Waals surface area contributed by atoms with Crippen LogP contribution in [0.1, 0.15) is 71.9 Å². The number of ether oxygens (including phenoxy) is 1. The van der Waals surface area contributed by atoms with Crippen LogP contribution in [0.2, 0.25) is 0 Å². The second-order valence-corrected chi connectivity index (χ2v) is 11.5. The van der Waals surface area contributed by atoms with Gasteiger partial charge >= 0.3 is 12.1 Å². The van der Waals surface area contributed by atoms with Crippen LogP contribution < -0.4 is 0 Å². The van der Waals surface area contributed by atoms with Crippen LogP contribution in [0, 0.1) is 11.3 Å². The monoisotopic (exact) mass is 500 g/mol. The third kappa shape index (κ3) is 5.99. The van der Waals surface area contributed by atoms with Crippen LogP contribution in [0.4, 0.5) is 4.79 Å². The molecule has 2 atom stereocenters. The molecule has 0 unspecified atom stereocenters. The number of fused-ring (bicyclic) bond motifs is 1. The summed E-state index contributed by atoms with van der Waals surface area (Å²) in [6, 6.07) is 7.15. The molecule has 0 saturated carbocycles. The van der Waals surface area contributed by atoms with E-state index in [-0.39, 0.29) is 31.3 Å². The number of imidazole rings is 1. The Kier molecular flexibility index (Phi) is 8.00. The van der Waals surface area contributed by atoms with Crippen LogP contribution in [0.3, 0.4) is 0 Å². The minimum atomic E-state index is -1.22. The Bertz CT molecular complexity index is 1120. The lowest BCUT2D eigenvalue weighted by Crippen LogP contribution is -2.60. The number of benzene rings is 1. The summed E-state index contributed by atoms with van der Waals surface area (Å²) in [5.74, 6) is -0.788. The number of carbonyl (C=O) groups excluding carboxylic acids is 2. The van der Waals surface area contributed by atoms with Gasteiger partial charge in [0.1, 0.15) is 5.60 Å². The summed E-state index contributed by atoms with van der Waals surface area (Å²) in [5, 5.41) is 10.1. The zero-order valence-corrected chi connectivity index (χ0v) is 22.6. The number of carboxylic acid groups (broad SMARTS) is 1. The molecule has 0 aliphatic carbocycles. The van der Waals surface area contributed by atoms with E-state index < -0.39 is 29.1 Å². The summed E-state index contributed by atoms with van der Waals surface area (Å²) in [7, 11) is 0. The summed E-state index contributed by atoms with van der Waals surface area (Å²) in [6.45, 7) is 14.3. The van der Waals surface area contributed by atoms with E-state index in [0.29, 0.717) is 18.9 Å². The average Bonchev–Trinajstić information content (AvgIpc) is 3.14. The van der Waals surface area contributed by atoms with E-state index in [2.05, 4.69) is 4.98 Å². The zero-order chi connectivity index (χ0) is 26.8. The first-order valence-corrected chi connectivity index (χ1v) is 12.7. The Morgan fingerprint density at radius 3 is 2.50 bits per heavy atom. The van der Waals surface area contributed by atoms with Gasteiger partial charge in [0.05, 0.1) is 22.5 Å². The SMILES string of the molecule is CCCn1c(C(=O)N(CC(C)C)[C@@H]2CN(C(=O)OC(C)(C)C)C[C@](C)(C(=O)O)C2)nc2ccccc21. The lowest BCUT2D eigenvalue weighted by Gasteiger charge is -2.46. The molecule has 0 bridgehead atoms. The minimum absolute atomic E-state index is 0.0196. The predicted molar refractivity (Wildman–Crippen MR) is 138 cm³/mol. The van der Waals surface area contributed by atoms with Crippen molar-refractivity contribution in [1.29, 1.82) is 0 Å². The lowest BCUT2D eigenvalue weighted by molar-refractivity contribution is -0.152. The zero-order valence-electron chi connectivity index (χ0n) is 22.6. The molecule has 2 amide bonds. The van der Waals surface area contributed by atoms with E-state index in [1.54, 1.807) is 32.6 Å². The average molecular weight is 501 g/mol. The van der Waals surface area contributed by atoms with Crippen LogP contribution >= 0.6 is 0 Å². The fraction of sp³-hybridized carbons (Fsp3) is 0.630. The van der Waals surface area contributed by atoms with Gasteiger partial charge < -0.3 is 24.2 Å². The number of para-hydroxylation sites is 2. The van der Waals surface area contributed by atoms with Crippen LogP contribution in [0.15, 0.2) is 24.3 Å². The summed E-state index contributed by atoms with van der Waals surface area (Å²) in [4.78, 5) is 47.2. The highest BCUT2D eigenvalue weighted by Crippen LogP contribution is 2.34. The minimum Gasteiger partial charge on any atom is -0.481 e. The largest absolute Gasteiger partial charge is 0.481 e. The number of likely N-dealkylation sites (tertiary alicyclic amines) is 1. The molecular formula is C27H40N4O5. The molecule has 0 radical (unpaired) electrons. The van der Waals surface area contributed by atoms with E-state index >= 15 is 0 Å². The van der Waals surface area contributed by atoms with E-state index in [4.69, 9.17) is 4.74 Å². The fourth-order valence-corrected chi connectivity index (χ4v) is 4.83. The summed E-state index contributed by atoms with van der Waals surface area (Å²) >= 11 is 0. The molecule has 1 aromatic heterocycles. The van der Waals surface area contributed by atoms with Gasteiger partial charge in [0.15, 0.2) is 5.82 Å². The van der Waals surface area contributed by atoms with Gasteiger partial charge in [0, 0.05) is 26.2 Å². The Labute approximate surface area is 213 Å². The van der Waals surface area contributed by atoms with Gasteiger partial charge in [-0.2, -0.15) is 0 Å². The fourth-order valence-electron chi connectivity index (χ4n) is 4.83. The normalized spacial score (nSPS) is 20.6. The highest BCUT2D eigenvalue weighted by Gasteiger charge is 2.47. The first-order chi connectivity index (χ1) is 16.8. The third-order valence-corrected chi connectivity index (χ3v) is 6.38. The first kappa shape index (κ1) is 27.5. The van der Waals surface area contributed by atoms with Crippen molar-refractivity contribution in [3.8, 4) is 0 Å². The molecule has 9 nitrogen and oxygen atoms in total. The molecule has 198 valence electrons. The number of aromatic nitrogens is 2. The Hall–Kier alpha value is -3.10. The molecule has 0 spiro atoms. The number of carboxylic acids is 1. The van der Waals surface area contributed by atoms with Crippen molar-refractivity contribution in [2.75, 3.05) is 19.6 Å². The Morgan fingerprint density at radius 2 is 1.92 bits per heavy atom. The number of aryl methyl sites for hydroxylation is 1. The molecule has 1 fully saturated rings. The second-order valence-electron chi connectivity index (χ2n) is 11.5. The van der Waals surface area contributed by atoms with Gasteiger partial charge in [-0.05, 0) is 58.6 Å². The molecule has 9 heteroatoms. The van der Waals surface area contributed by atoms with Crippen molar-refractivity contribution >= 4 is 29.0 Å². The van der Waals surface area contributed by atoms with Crippen LogP contribution in [0.5, 0.6) is 0 Å². The van der Waals surface area contributed by atoms with Gasteiger partial charge in [0.2, 0.25) is 0 Å². The number of rotatable bonds is 7. The summed E-state index contributed by atoms with van der Waals surface area (Å²) < 4.78 is 7.51. The number of hydrogen-bond donors (Lipinski definition) is 1. The predicted octanol–water partition coefficient (Wildman–Crippen LogP) is 4.64. The summed E-state index contributed by atoms with van der Waals surface area (Å²) in [5.41, 5.74) is -0.309. The maximum Gasteiger partial charge on any atom is 0.410 e. The van der Waals surface area contributed by atoms with Gasteiger partial charge in [-0.25, -0.2) is 9.78 Å². The topological polar surface area (TPSA) is 105 Å². The molecule has 1 aliphatic heterocycles. The van der Waals surface area contributed by atoms with Crippen molar-refractivity contribution in [3.63, 3.8) is 0 Å². The molecular weight excluding hydrogens is 460 g/mol. The molecule has 36 heavy (non-hydrogen) atoms. The highest BCUT2D eigenvalue weighted by molar-refractivity contribution is 5.95. The van der Waals surface area contributed by atoms with Crippen molar-refractivity contribution in [1.82, 2.24) is 19.4 Å². The molecule has 1 saturated heterocycles.